The molecule has 17 heavy (non-hydrogen) atoms. The van der Waals surface area contributed by atoms with Crippen molar-refractivity contribution >= 4 is 6.03 Å². The van der Waals surface area contributed by atoms with Crippen molar-refractivity contribution < 1.29 is 18.0 Å². The van der Waals surface area contributed by atoms with Crippen LogP contribution >= 0.6 is 0 Å². The molecular formula is C10H18F3N3O. The van der Waals surface area contributed by atoms with Gasteiger partial charge in [0.1, 0.15) is 6.54 Å². The van der Waals surface area contributed by atoms with Gasteiger partial charge in [-0.3, -0.25) is 0 Å². The molecule has 0 saturated heterocycles. The van der Waals surface area contributed by atoms with Gasteiger partial charge in [0.15, 0.2) is 0 Å². The van der Waals surface area contributed by atoms with Crippen LogP contribution in [0.5, 0.6) is 0 Å². The van der Waals surface area contributed by atoms with Gasteiger partial charge in [0.2, 0.25) is 0 Å². The van der Waals surface area contributed by atoms with E-state index in [9.17, 15) is 18.0 Å². The maximum absolute atomic E-state index is 11.9. The fraction of sp³-hybridized carbons (Fsp3) is 0.900. The fourth-order valence-corrected chi connectivity index (χ4v) is 1.96. The fourth-order valence-electron chi connectivity index (χ4n) is 1.96. The molecule has 0 spiro atoms. The number of nitrogens with zero attached hydrogens (tertiary/aromatic N) is 1. The number of halogens is 3. The monoisotopic (exact) mass is 253 g/mol. The van der Waals surface area contributed by atoms with Crippen molar-refractivity contribution in [1.29, 1.82) is 0 Å². The predicted molar refractivity (Wildman–Crippen MR) is 57.4 cm³/mol. The lowest BCUT2D eigenvalue weighted by atomic mass is 9.91. The highest BCUT2D eigenvalue weighted by Crippen LogP contribution is 2.21. The molecule has 1 aliphatic rings. The van der Waals surface area contributed by atoms with Crippen molar-refractivity contribution in [3.8, 4) is 0 Å². The van der Waals surface area contributed by atoms with Crippen LogP contribution in [0.4, 0.5) is 18.0 Å². The Labute approximate surface area is 98.3 Å². The van der Waals surface area contributed by atoms with E-state index in [0.29, 0.717) is 0 Å². The Morgan fingerprint density at radius 2 is 1.88 bits per heavy atom. The molecule has 1 rings (SSSR count). The summed E-state index contributed by atoms with van der Waals surface area (Å²) in [5.41, 5.74) is 5.72. The van der Waals surface area contributed by atoms with Crippen LogP contribution in [0, 0.1) is 0 Å². The second kappa shape index (κ2) is 5.57. The van der Waals surface area contributed by atoms with Crippen molar-refractivity contribution in [2.75, 3.05) is 13.6 Å². The third-order valence-corrected chi connectivity index (χ3v) is 3.05. The molecule has 0 aromatic carbocycles. The van der Waals surface area contributed by atoms with Crippen LogP contribution < -0.4 is 11.1 Å². The standard InChI is InChI=1S/C10H18F3N3O/c1-16(8-4-2-7(14)3-5-8)9(17)15-6-10(11,12)13/h7-8H,2-6,14H2,1H3,(H,15,17). The average Bonchev–Trinajstić information content (AvgIpc) is 2.25. The largest absolute Gasteiger partial charge is 0.405 e. The molecular weight excluding hydrogens is 235 g/mol. The number of carbonyl (C=O) groups is 1. The summed E-state index contributed by atoms with van der Waals surface area (Å²) in [6.07, 6.45) is -1.26. The summed E-state index contributed by atoms with van der Waals surface area (Å²) in [6, 6.07) is -0.538. The molecule has 1 fully saturated rings. The van der Waals surface area contributed by atoms with E-state index in [2.05, 4.69) is 0 Å². The molecule has 0 heterocycles. The van der Waals surface area contributed by atoms with E-state index in [0.717, 1.165) is 25.7 Å². The third-order valence-electron chi connectivity index (χ3n) is 3.05. The highest BCUT2D eigenvalue weighted by molar-refractivity contribution is 5.74. The van der Waals surface area contributed by atoms with E-state index in [4.69, 9.17) is 5.73 Å². The smallest absolute Gasteiger partial charge is 0.329 e. The van der Waals surface area contributed by atoms with Gasteiger partial charge in [-0.25, -0.2) is 4.79 Å². The summed E-state index contributed by atoms with van der Waals surface area (Å²) >= 11 is 0. The minimum atomic E-state index is -4.37. The van der Waals surface area contributed by atoms with Gasteiger partial charge in [-0.1, -0.05) is 0 Å². The van der Waals surface area contributed by atoms with Crippen LogP contribution in [-0.2, 0) is 0 Å². The molecule has 7 heteroatoms. The lowest BCUT2D eigenvalue weighted by Crippen LogP contribution is -2.48. The number of hydrogen-bond acceptors (Lipinski definition) is 2. The van der Waals surface area contributed by atoms with Crippen LogP contribution in [0.25, 0.3) is 0 Å². The lowest BCUT2D eigenvalue weighted by Gasteiger charge is -2.33. The van der Waals surface area contributed by atoms with E-state index in [1.807, 2.05) is 5.32 Å². The molecule has 0 aliphatic heterocycles. The first-order chi connectivity index (χ1) is 7.79. The Hall–Kier alpha value is -0.980. The van der Waals surface area contributed by atoms with Gasteiger partial charge < -0.3 is 16.0 Å². The molecule has 2 amide bonds. The quantitative estimate of drug-likeness (QED) is 0.782. The zero-order chi connectivity index (χ0) is 13.1. The summed E-state index contributed by atoms with van der Waals surface area (Å²) in [5, 5.41) is 1.86. The summed E-state index contributed by atoms with van der Waals surface area (Å²) in [5.74, 6) is 0. The Kier molecular flexibility index (Phi) is 4.62. The second-order valence-electron chi connectivity index (χ2n) is 4.45. The highest BCUT2D eigenvalue weighted by Gasteiger charge is 2.30. The zero-order valence-corrected chi connectivity index (χ0v) is 9.76. The number of nitrogens with two attached hydrogens (primary N) is 1. The minimum absolute atomic E-state index is 0.0111. The SMILES string of the molecule is CN(C(=O)NCC(F)(F)F)C1CCC(N)CC1. The molecule has 1 saturated carbocycles. The molecule has 100 valence electrons. The van der Waals surface area contributed by atoms with Crippen molar-refractivity contribution in [1.82, 2.24) is 10.2 Å². The topological polar surface area (TPSA) is 58.4 Å². The molecule has 0 bridgehead atoms. The number of rotatable bonds is 2. The number of alkyl halides is 3. The van der Waals surface area contributed by atoms with E-state index in [1.54, 1.807) is 0 Å². The van der Waals surface area contributed by atoms with Gasteiger partial charge in [-0.15, -0.1) is 0 Å². The van der Waals surface area contributed by atoms with Crippen LogP contribution in [-0.4, -0.2) is 42.8 Å². The maximum Gasteiger partial charge on any atom is 0.405 e. The van der Waals surface area contributed by atoms with Crippen molar-refractivity contribution in [2.45, 2.75) is 43.9 Å². The van der Waals surface area contributed by atoms with Gasteiger partial charge in [-0.2, -0.15) is 13.2 Å². The third kappa shape index (κ3) is 4.80. The Morgan fingerprint density at radius 3 is 2.35 bits per heavy atom. The number of amides is 2. The second-order valence-corrected chi connectivity index (χ2v) is 4.45. The Bertz CT molecular complexity index is 262. The number of hydrogen-bond donors (Lipinski definition) is 2. The molecule has 0 atom stereocenters. The zero-order valence-electron chi connectivity index (χ0n) is 9.76. The maximum atomic E-state index is 11.9. The van der Waals surface area contributed by atoms with Crippen LogP contribution in [0.3, 0.4) is 0 Å². The molecule has 0 radical (unpaired) electrons. The van der Waals surface area contributed by atoms with Crippen molar-refractivity contribution in [3.05, 3.63) is 0 Å². The van der Waals surface area contributed by atoms with E-state index in [1.165, 1.54) is 11.9 Å². The Morgan fingerprint density at radius 1 is 1.35 bits per heavy atom. The lowest BCUT2D eigenvalue weighted by molar-refractivity contribution is -0.123. The summed E-state index contributed by atoms with van der Waals surface area (Å²) in [6.45, 7) is -1.29. The molecule has 1 aliphatic carbocycles. The average molecular weight is 253 g/mol. The summed E-state index contributed by atoms with van der Waals surface area (Å²) in [4.78, 5) is 12.8. The first kappa shape index (κ1) is 14.1. The van der Waals surface area contributed by atoms with Crippen LogP contribution in [0.1, 0.15) is 25.7 Å². The molecule has 0 unspecified atom stereocenters. The van der Waals surface area contributed by atoms with Crippen LogP contribution in [0.2, 0.25) is 0 Å². The van der Waals surface area contributed by atoms with Gasteiger partial charge in [0, 0.05) is 19.1 Å². The van der Waals surface area contributed by atoms with Crippen LogP contribution in [0.15, 0.2) is 0 Å². The van der Waals surface area contributed by atoms with Gasteiger partial charge >= 0.3 is 12.2 Å². The number of carbonyl (C=O) groups excluding carboxylic acids is 1. The first-order valence-corrected chi connectivity index (χ1v) is 5.62. The molecule has 0 aromatic heterocycles. The van der Waals surface area contributed by atoms with E-state index >= 15 is 0 Å². The normalized spacial score (nSPS) is 25.5. The van der Waals surface area contributed by atoms with Crippen molar-refractivity contribution in [3.63, 3.8) is 0 Å². The Balaban J connectivity index is 2.36. The molecule has 3 N–H and O–H groups in total. The highest BCUT2D eigenvalue weighted by atomic mass is 19.4. The summed E-state index contributed by atoms with van der Waals surface area (Å²) < 4.78 is 35.8. The minimum Gasteiger partial charge on any atom is -0.329 e. The molecule has 0 aromatic rings. The van der Waals surface area contributed by atoms with E-state index < -0.39 is 18.8 Å². The van der Waals surface area contributed by atoms with E-state index in [-0.39, 0.29) is 12.1 Å². The predicted octanol–water partition coefficient (Wildman–Crippen LogP) is 1.46. The van der Waals surface area contributed by atoms with Crippen molar-refractivity contribution in [2.24, 2.45) is 5.73 Å². The number of nitrogens with one attached hydrogen (secondary N) is 1. The first-order valence-electron chi connectivity index (χ1n) is 5.62. The van der Waals surface area contributed by atoms with Gasteiger partial charge in [0.05, 0.1) is 0 Å². The van der Waals surface area contributed by atoms with Gasteiger partial charge in [-0.05, 0) is 25.7 Å². The molecule has 4 nitrogen and oxygen atoms in total. The number of urea groups is 1. The van der Waals surface area contributed by atoms with Gasteiger partial charge in [0.25, 0.3) is 0 Å². The summed E-state index contributed by atoms with van der Waals surface area (Å²) in [7, 11) is 1.52.